The maximum Gasteiger partial charge on any atom is 0.343 e. The minimum atomic E-state index is -1.82. The van der Waals surface area contributed by atoms with E-state index in [1.807, 2.05) is 18.2 Å². The Morgan fingerprint density at radius 3 is 2.75 bits per heavy atom. The van der Waals surface area contributed by atoms with Crippen molar-refractivity contribution in [1.82, 2.24) is 9.55 Å². The first kappa shape index (κ1) is 19.6. The molecule has 32 heavy (non-hydrogen) atoms. The summed E-state index contributed by atoms with van der Waals surface area (Å²) in [5.74, 6) is -0.713. The molecule has 4 aromatic rings. The summed E-state index contributed by atoms with van der Waals surface area (Å²) < 4.78 is 7.82. The second kappa shape index (κ2) is 6.49. The second-order valence-corrected chi connectivity index (χ2v) is 9.41. The number of carbonyl (C=O) groups is 1. The standard InChI is InChI=1S/C25H19BrN2O4/c1-3-25(31)18-9-20-22-16(10-28(20)23(29)17(18)11-32-24(25)30)12(2)21-15-8-14(26)6-4-13(15)5-7-19(21)27-22/h4-9,31H,3,10-11H2,1-2H3/t25-/m0/s1. The van der Waals surface area contributed by atoms with E-state index in [2.05, 4.69) is 35.0 Å². The minimum Gasteiger partial charge on any atom is -0.458 e. The Morgan fingerprint density at radius 2 is 1.97 bits per heavy atom. The van der Waals surface area contributed by atoms with Crippen molar-refractivity contribution in [2.45, 2.75) is 39.0 Å². The largest absolute Gasteiger partial charge is 0.458 e. The third kappa shape index (κ3) is 2.40. The molecule has 0 unspecified atom stereocenters. The lowest BCUT2D eigenvalue weighted by Gasteiger charge is -2.31. The van der Waals surface area contributed by atoms with Gasteiger partial charge in [-0.2, -0.15) is 0 Å². The highest BCUT2D eigenvalue weighted by atomic mass is 79.9. The van der Waals surface area contributed by atoms with Crippen LogP contribution in [0.25, 0.3) is 33.1 Å². The van der Waals surface area contributed by atoms with Crippen LogP contribution < -0.4 is 5.56 Å². The predicted octanol–water partition coefficient (Wildman–Crippen LogP) is 4.30. The van der Waals surface area contributed by atoms with Crippen molar-refractivity contribution >= 4 is 43.6 Å². The van der Waals surface area contributed by atoms with Crippen LogP contribution in [0, 0.1) is 6.92 Å². The number of aryl methyl sites for hydroxylation is 1. The summed E-state index contributed by atoms with van der Waals surface area (Å²) in [6, 6.07) is 12.0. The Balaban J connectivity index is 1.67. The van der Waals surface area contributed by atoms with Crippen LogP contribution in [0.3, 0.4) is 0 Å². The van der Waals surface area contributed by atoms with Gasteiger partial charge in [0.2, 0.25) is 0 Å². The number of hydrogen-bond donors (Lipinski definition) is 1. The Morgan fingerprint density at radius 1 is 1.19 bits per heavy atom. The zero-order valence-electron chi connectivity index (χ0n) is 17.5. The molecule has 0 saturated carbocycles. The molecule has 0 amide bonds. The van der Waals surface area contributed by atoms with Crippen LogP contribution in [-0.4, -0.2) is 20.6 Å². The number of cyclic esters (lactones) is 1. The second-order valence-electron chi connectivity index (χ2n) is 8.49. The number of esters is 1. The minimum absolute atomic E-state index is 0.125. The average Bonchev–Trinajstić information content (AvgIpc) is 3.16. The number of aromatic nitrogens is 2. The van der Waals surface area contributed by atoms with E-state index in [1.54, 1.807) is 17.6 Å². The average molecular weight is 491 g/mol. The molecule has 1 N–H and O–H groups in total. The first-order chi connectivity index (χ1) is 15.3. The van der Waals surface area contributed by atoms with Gasteiger partial charge in [-0.3, -0.25) is 4.79 Å². The Kier molecular flexibility index (Phi) is 3.99. The van der Waals surface area contributed by atoms with Crippen molar-refractivity contribution < 1.29 is 14.6 Å². The number of rotatable bonds is 1. The Hall–Kier alpha value is -3.03. The monoisotopic (exact) mass is 490 g/mol. The van der Waals surface area contributed by atoms with E-state index in [0.29, 0.717) is 23.4 Å². The third-order valence-corrected chi connectivity index (χ3v) is 7.40. The number of ether oxygens (including phenoxy) is 1. The molecule has 7 heteroatoms. The number of carbonyl (C=O) groups excluding carboxylic acids is 1. The van der Waals surface area contributed by atoms with Crippen LogP contribution in [0.1, 0.15) is 35.6 Å². The van der Waals surface area contributed by atoms with Gasteiger partial charge in [-0.1, -0.05) is 35.0 Å². The molecule has 0 spiro atoms. The Labute approximate surface area is 191 Å². The first-order valence-corrected chi connectivity index (χ1v) is 11.3. The van der Waals surface area contributed by atoms with Gasteiger partial charge < -0.3 is 14.4 Å². The summed E-state index contributed by atoms with van der Waals surface area (Å²) in [5.41, 5.74) is 2.86. The van der Waals surface area contributed by atoms with Gasteiger partial charge in [-0.25, -0.2) is 9.78 Å². The maximum atomic E-state index is 13.4. The number of hydrogen-bond acceptors (Lipinski definition) is 5. The third-order valence-electron chi connectivity index (χ3n) is 6.91. The smallest absolute Gasteiger partial charge is 0.343 e. The Bertz CT molecular complexity index is 1570. The van der Waals surface area contributed by atoms with E-state index in [9.17, 15) is 14.7 Å². The molecule has 0 saturated heterocycles. The molecule has 0 radical (unpaired) electrons. The molecule has 2 aliphatic heterocycles. The van der Waals surface area contributed by atoms with Crippen LogP contribution >= 0.6 is 15.9 Å². The van der Waals surface area contributed by atoms with Crippen molar-refractivity contribution in [3.63, 3.8) is 0 Å². The van der Waals surface area contributed by atoms with Crippen molar-refractivity contribution in [3.05, 3.63) is 73.5 Å². The molecule has 0 fully saturated rings. The SMILES string of the molecule is CC[C@@]1(O)C(=O)OCc2c1cc1n(c2=O)Cc2c-1nc1ccc3ccc(Br)cc3c1c2C. The van der Waals surface area contributed by atoms with Gasteiger partial charge >= 0.3 is 5.97 Å². The fourth-order valence-corrected chi connectivity index (χ4v) is 5.46. The van der Waals surface area contributed by atoms with Crippen LogP contribution in [0.5, 0.6) is 0 Å². The number of fused-ring (bicyclic) bond motifs is 7. The molecule has 6 rings (SSSR count). The molecular weight excluding hydrogens is 472 g/mol. The summed E-state index contributed by atoms with van der Waals surface area (Å²) in [7, 11) is 0. The molecular formula is C25H19BrN2O4. The molecule has 2 aromatic carbocycles. The lowest BCUT2D eigenvalue weighted by molar-refractivity contribution is -0.172. The van der Waals surface area contributed by atoms with Crippen LogP contribution in [0.4, 0.5) is 0 Å². The topological polar surface area (TPSA) is 81.4 Å². The zero-order chi connectivity index (χ0) is 22.4. The maximum absolute atomic E-state index is 13.4. The summed E-state index contributed by atoms with van der Waals surface area (Å²) in [5, 5.41) is 14.3. The summed E-state index contributed by atoms with van der Waals surface area (Å²) in [6.07, 6.45) is 0.125. The van der Waals surface area contributed by atoms with Crippen molar-refractivity contribution in [1.29, 1.82) is 0 Å². The number of benzene rings is 2. The summed E-state index contributed by atoms with van der Waals surface area (Å²) >= 11 is 3.57. The van der Waals surface area contributed by atoms with Gasteiger partial charge in [0.05, 0.1) is 29.0 Å². The van der Waals surface area contributed by atoms with Crippen LogP contribution in [0.2, 0.25) is 0 Å². The summed E-state index contributed by atoms with van der Waals surface area (Å²) in [6.45, 7) is 4.04. The van der Waals surface area contributed by atoms with Crippen molar-refractivity contribution in [3.8, 4) is 11.4 Å². The van der Waals surface area contributed by atoms with E-state index in [4.69, 9.17) is 9.72 Å². The number of aliphatic hydroxyl groups is 1. The molecule has 2 aromatic heterocycles. The zero-order valence-corrected chi connectivity index (χ0v) is 19.1. The highest BCUT2D eigenvalue weighted by Gasteiger charge is 2.45. The lowest BCUT2D eigenvalue weighted by atomic mass is 9.86. The van der Waals surface area contributed by atoms with Gasteiger partial charge in [0.1, 0.15) is 6.61 Å². The van der Waals surface area contributed by atoms with E-state index >= 15 is 0 Å². The highest BCUT2D eigenvalue weighted by Crippen LogP contribution is 2.41. The molecule has 1 atom stereocenters. The van der Waals surface area contributed by atoms with Crippen molar-refractivity contribution in [2.75, 3.05) is 0 Å². The summed E-state index contributed by atoms with van der Waals surface area (Å²) in [4.78, 5) is 30.7. The van der Waals surface area contributed by atoms with Gasteiger partial charge in [0.15, 0.2) is 5.60 Å². The normalized spacial score (nSPS) is 19.1. The van der Waals surface area contributed by atoms with Gasteiger partial charge in [-0.15, -0.1) is 0 Å². The molecule has 2 aliphatic rings. The molecule has 0 aliphatic carbocycles. The lowest BCUT2D eigenvalue weighted by Crippen LogP contribution is -2.44. The molecule has 0 bridgehead atoms. The van der Waals surface area contributed by atoms with E-state index < -0.39 is 11.6 Å². The molecule has 4 heterocycles. The van der Waals surface area contributed by atoms with Crippen LogP contribution in [0.15, 0.2) is 45.7 Å². The van der Waals surface area contributed by atoms with E-state index in [0.717, 1.165) is 43.0 Å². The van der Waals surface area contributed by atoms with Gasteiger partial charge in [0, 0.05) is 21.0 Å². The fraction of sp³-hybridized carbons (Fsp3) is 0.240. The predicted molar refractivity (Wildman–Crippen MR) is 124 cm³/mol. The van der Waals surface area contributed by atoms with E-state index in [1.165, 1.54) is 0 Å². The quantitative estimate of drug-likeness (QED) is 0.279. The number of pyridine rings is 2. The van der Waals surface area contributed by atoms with Crippen LogP contribution in [-0.2, 0) is 28.3 Å². The molecule has 6 nitrogen and oxygen atoms in total. The van der Waals surface area contributed by atoms with Gasteiger partial charge in [0.25, 0.3) is 5.56 Å². The first-order valence-electron chi connectivity index (χ1n) is 10.5. The van der Waals surface area contributed by atoms with E-state index in [-0.39, 0.29) is 18.6 Å². The highest BCUT2D eigenvalue weighted by molar-refractivity contribution is 9.10. The van der Waals surface area contributed by atoms with Crippen molar-refractivity contribution in [2.24, 2.45) is 0 Å². The number of halogens is 1. The fourth-order valence-electron chi connectivity index (χ4n) is 5.10. The number of nitrogens with zero attached hydrogens (tertiary/aromatic N) is 2. The van der Waals surface area contributed by atoms with Gasteiger partial charge in [-0.05, 0) is 53.9 Å². The molecule has 160 valence electrons.